The first kappa shape index (κ1) is 12.9. The van der Waals surface area contributed by atoms with E-state index in [1.54, 1.807) is 6.07 Å². The number of fused-ring (bicyclic) bond motifs is 1. The molecule has 0 aliphatic carbocycles. The van der Waals surface area contributed by atoms with Gasteiger partial charge in [-0.1, -0.05) is 13.8 Å². The highest BCUT2D eigenvalue weighted by Crippen LogP contribution is 2.32. The van der Waals surface area contributed by atoms with E-state index in [-0.39, 0.29) is 23.7 Å². The standard InChI is InChI=1S/C14H18FNO2/c1-9(2)14(17)16-12-4-3-7-18-13-6-5-10(15)8-11(12)13/h5-6,8-9,12H,3-4,7H2,1-2H3,(H,16,17). The van der Waals surface area contributed by atoms with Crippen LogP contribution in [0.2, 0.25) is 0 Å². The van der Waals surface area contributed by atoms with Gasteiger partial charge in [-0.05, 0) is 31.0 Å². The van der Waals surface area contributed by atoms with Crippen LogP contribution in [0.15, 0.2) is 18.2 Å². The fraction of sp³-hybridized carbons (Fsp3) is 0.500. The third-order valence-corrected chi connectivity index (χ3v) is 3.08. The summed E-state index contributed by atoms with van der Waals surface area (Å²) in [5.74, 6) is 0.272. The van der Waals surface area contributed by atoms with E-state index in [1.807, 2.05) is 13.8 Å². The highest BCUT2D eigenvalue weighted by molar-refractivity contribution is 5.78. The molecule has 98 valence electrons. The lowest BCUT2D eigenvalue weighted by Gasteiger charge is -2.19. The Hall–Kier alpha value is -1.58. The van der Waals surface area contributed by atoms with E-state index in [1.165, 1.54) is 12.1 Å². The monoisotopic (exact) mass is 251 g/mol. The van der Waals surface area contributed by atoms with Crippen molar-refractivity contribution in [3.63, 3.8) is 0 Å². The fourth-order valence-electron chi connectivity index (χ4n) is 2.04. The second-order valence-electron chi connectivity index (χ2n) is 4.89. The van der Waals surface area contributed by atoms with Crippen LogP contribution in [0, 0.1) is 11.7 Å². The van der Waals surface area contributed by atoms with Crippen LogP contribution in [0.1, 0.15) is 38.3 Å². The van der Waals surface area contributed by atoms with Crippen LogP contribution in [0.5, 0.6) is 5.75 Å². The molecule has 0 radical (unpaired) electrons. The van der Waals surface area contributed by atoms with Crippen molar-refractivity contribution in [1.29, 1.82) is 0 Å². The number of hydrogen-bond acceptors (Lipinski definition) is 2. The molecule has 1 heterocycles. The summed E-state index contributed by atoms with van der Waals surface area (Å²) < 4.78 is 18.9. The Bertz CT molecular complexity index is 445. The highest BCUT2D eigenvalue weighted by Gasteiger charge is 2.22. The summed E-state index contributed by atoms with van der Waals surface area (Å²) in [5, 5.41) is 2.96. The molecule has 0 fully saturated rings. The summed E-state index contributed by atoms with van der Waals surface area (Å²) >= 11 is 0. The van der Waals surface area contributed by atoms with Crippen LogP contribution in [-0.2, 0) is 4.79 Å². The zero-order valence-corrected chi connectivity index (χ0v) is 10.7. The SMILES string of the molecule is CC(C)C(=O)NC1CCCOc2ccc(F)cc21. The molecule has 0 saturated heterocycles. The van der Waals surface area contributed by atoms with Gasteiger partial charge in [0, 0.05) is 11.5 Å². The first-order valence-corrected chi connectivity index (χ1v) is 6.30. The van der Waals surface area contributed by atoms with E-state index in [2.05, 4.69) is 5.32 Å². The average molecular weight is 251 g/mol. The number of amides is 1. The van der Waals surface area contributed by atoms with Gasteiger partial charge in [0.15, 0.2) is 0 Å². The molecule has 3 nitrogen and oxygen atoms in total. The topological polar surface area (TPSA) is 38.3 Å². The molecule has 1 aliphatic rings. The molecule has 1 amide bonds. The van der Waals surface area contributed by atoms with E-state index in [9.17, 15) is 9.18 Å². The lowest BCUT2D eigenvalue weighted by molar-refractivity contribution is -0.124. The predicted molar refractivity (Wildman–Crippen MR) is 66.9 cm³/mol. The molecule has 1 aliphatic heterocycles. The number of carbonyl (C=O) groups is 1. The van der Waals surface area contributed by atoms with Gasteiger partial charge in [-0.25, -0.2) is 4.39 Å². The van der Waals surface area contributed by atoms with Gasteiger partial charge in [0.05, 0.1) is 12.6 Å². The maximum Gasteiger partial charge on any atom is 0.223 e. The van der Waals surface area contributed by atoms with Crippen molar-refractivity contribution >= 4 is 5.91 Å². The molecule has 1 aromatic carbocycles. The molecule has 4 heteroatoms. The van der Waals surface area contributed by atoms with Gasteiger partial charge < -0.3 is 10.1 Å². The van der Waals surface area contributed by atoms with Gasteiger partial charge in [0.25, 0.3) is 0 Å². The molecule has 0 aromatic heterocycles. The van der Waals surface area contributed by atoms with Crippen LogP contribution in [0.4, 0.5) is 4.39 Å². The first-order valence-electron chi connectivity index (χ1n) is 6.30. The van der Waals surface area contributed by atoms with Crippen molar-refractivity contribution in [3.05, 3.63) is 29.6 Å². The molecule has 0 spiro atoms. The quantitative estimate of drug-likeness (QED) is 0.877. The molecule has 1 aromatic rings. The zero-order valence-electron chi connectivity index (χ0n) is 10.7. The Labute approximate surface area is 106 Å². The van der Waals surface area contributed by atoms with E-state index < -0.39 is 0 Å². The Morgan fingerprint density at radius 2 is 2.28 bits per heavy atom. The molecule has 1 atom stereocenters. The molecule has 0 saturated carbocycles. The van der Waals surface area contributed by atoms with Crippen LogP contribution >= 0.6 is 0 Å². The Balaban J connectivity index is 2.26. The van der Waals surface area contributed by atoms with Gasteiger partial charge in [-0.15, -0.1) is 0 Å². The summed E-state index contributed by atoms with van der Waals surface area (Å²) in [5.41, 5.74) is 0.738. The molecule has 1 unspecified atom stereocenters. The summed E-state index contributed by atoms with van der Waals surface area (Å²) in [4.78, 5) is 11.8. The number of nitrogens with one attached hydrogen (secondary N) is 1. The van der Waals surface area contributed by atoms with E-state index in [4.69, 9.17) is 4.74 Å². The maximum atomic E-state index is 13.3. The van der Waals surface area contributed by atoms with Gasteiger partial charge >= 0.3 is 0 Å². The van der Waals surface area contributed by atoms with Crippen molar-refractivity contribution in [1.82, 2.24) is 5.32 Å². The number of halogens is 1. The van der Waals surface area contributed by atoms with Crippen LogP contribution in [-0.4, -0.2) is 12.5 Å². The largest absolute Gasteiger partial charge is 0.493 e. The van der Waals surface area contributed by atoms with Crippen molar-refractivity contribution < 1.29 is 13.9 Å². The van der Waals surface area contributed by atoms with E-state index >= 15 is 0 Å². The minimum Gasteiger partial charge on any atom is -0.493 e. The Kier molecular flexibility index (Phi) is 3.84. The van der Waals surface area contributed by atoms with Crippen molar-refractivity contribution in [2.45, 2.75) is 32.7 Å². The number of ether oxygens (including phenoxy) is 1. The van der Waals surface area contributed by atoms with Crippen molar-refractivity contribution in [3.8, 4) is 5.75 Å². The third kappa shape index (κ3) is 2.81. The molecular formula is C14H18FNO2. The Morgan fingerprint density at radius 1 is 1.50 bits per heavy atom. The van der Waals surface area contributed by atoms with Gasteiger partial charge in [0.1, 0.15) is 11.6 Å². The van der Waals surface area contributed by atoms with E-state index in [0.717, 1.165) is 18.4 Å². The summed E-state index contributed by atoms with van der Waals surface area (Å²) in [6.07, 6.45) is 1.62. The van der Waals surface area contributed by atoms with Crippen LogP contribution < -0.4 is 10.1 Å². The van der Waals surface area contributed by atoms with Gasteiger partial charge in [-0.3, -0.25) is 4.79 Å². The van der Waals surface area contributed by atoms with Crippen molar-refractivity contribution in [2.24, 2.45) is 5.92 Å². The summed E-state index contributed by atoms with van der Waals surface area (Å²) in [6.45, 7) is 4.29. The molecule has 18 heavy (non-hydrogen) atoms. The van der Waals surface area contributed by atoms with Crippen LogP contribution in [0.3, 0.4) is 0 Å². The molecular weight excluding hydrogens is 233 g/mol. The minimum atomic E-state index is -0.303. The molecule has 1 N–H and O–H groups in total. The van der Waals surface area contributed by atoms with Gasteiger partial charge in [-0.2, -0.15) is 0 Å². The number of benzene rings is 1. The van der Waals surface area contributed by atoms with Crippen molar-refractivity contribution in [2.75, 3.05) is 6.61 Å². The number of rotatable bonds is 2. The summed E-state index contributed by atoms with van der Waals surface area (Å²) in [6, 6.07) is 4.30. The number of hydrogen-bond donors (Lipinski definition) is 1. The molecule has 0 bridgehead atoms. The minimum absolute atomic E-state index is 0.0166. The first-order chi connectivity index (χ1) is 8.58. The second-order valence-corrected chi connectivity index (χ2v) is 4.89. The lowest BCUT2D eigenvalue weighted by Crippen LogP contribution is -2.31. The average Bonchev–Trinajstić information content (AvgIpc) is 2.52. The highest BCUT2D eigenvalue weighted by atomic mass is 19.1. The van der Waals surface area contributed by atoms with Crippen LogP contribution in [0.25, 0.3) is 0 Å². The number of carbonyl (C=O) groups excluding carboxylic acids is 1. The fourth-order valence-corrected chi connectivity index (χ4v) is 2.04. The smallest absolute Gasteiger partial charge is 0.223 e. The maximum absolute atomic E-state index is 13.3. The lowest BCUT2D eigenvalue weighted by atomic mass is 10.0. The van der Waals surface area contributed by atoms with E-state index in [0.29, 0.717) is 12.4 Å². The normalized spacial score (nSPS) is 18.8. The third-order valence-electron chi connectivity index (χ3n) is 3.08. The van der Waals surface area contributed by atoms with Gasteiger partial charge in [0.2, 0.25) is 5.91 Å². The summed E-state index contributed by atoms with van der Waals surface area (Å²) in [7, 11) is 0. The predicted octanol–water partition coefficient (Wildman–Crippen LogP) is 2.81. The molecule has 2 rings (SSSR count). The zero-order chi connectivity index (χ0) is 13.1. The second kappa shape index (κ2) is 5.38. The Morgan fingerprint density at radius 3 is 3.00 bits per heavy atom.